The van der Waals surface area contributed by atoms with Gasteiger partial charge in [-0.3, -0.25) is 0 Å². The molecule has 0 radical (unpaired) electrons. The quantitative estimate of drug-likeness (QED) is 0.532. The fourth-order valence-corrected chi connectivity index (χ4v) is 1.96. The van der Waals surface area contributed by atoms with Crippen molar-refractivity contribution in [3.8, 4) is 0 Å². The molecule has 0 saturated carbocycles. The highest BCUT2D eigenvalue weighted by molar-refractivity contribution is 5.60. The Hall–Kier alpha value is -0.810. The van der Waals surface area contributed by atoms with Gasteiger partial charge in [0, 0.05) is 19.6 Å². The summed E-state index contributed by atoms with van der Waals surface area (Å²) in [5.74, 6) is 0. The van der Waals surface area contributed by atoms with E-state index < -0.39 is 6.16 Å². The number of carbonyl (C=O) groups excluding carboxylic acids is 1. The van der Waals surface area contributed by atoms with Gasteiger partial charge in [-0.05, 0) is 19.8 Å². The summed E-state index contributed by atoms with van der Waals surface area (Å²) in [7, 11) is 0. The molecule has 0 amide bonds. The number of rotatable bonds is 4. The fraction of sp³-hybridized carbons (Fsp3) is 0.909. The van der Waals surface area contributed by atoms with Crippen molar-refractivity contribution in [2.45, 2.75) is 32.0 Å². The highest BCUT2D eigenvalue weighted by Crippen LogP contribution is 2.18. The topological polar surface area (TPSA) is 51.3 Å². The smallest absolute Gasteiger partial charge is 0.435 e. The van der Waals surface area contributed by atoms with E-state index in [0.29, 0.717) is 12.7 Å². The summed E-state index contributed by atoms with van der Waals surface area (Å²) in [6.07, 6.45) is 1.72. The van der Waals surface area contributed by atoms with E-state index in [1.165, 1.54) is 0 Å². The number of piperidine rings is 1. The van der Waals surface area contributed by atoms with E-state index in [9.17, 15) is 4.79 Å². The molecule has 0 aromatic carbocycles. The molecule has 2 fully saturated rings. The maximum Gasteiger partial charge on any atom is 0.508 e. The summed E-state index contributed by atoms with van der Waals surface area (Å²) >= 11 is 0. The molecule has 2 heterocycles. The molecule has 1 atom stereocenters. The fourth-order valence-electron chi connectivity index (χ4n) is 1.96. The van der Waals surface area contributed by atoms with Crippen LogP contribution in [0.2, 0.25) is 0 Å². The average molecular weight is 229 g/mol. The number of hydrogen-bond acceptors (Lipinski definition) is 5. The van der Waals surface area contributed by atoms with Crippen LogP contribution in [0.5, 0.6) is 0 Å². The van der Waals surface area contributed by atoms with Gasteiger partial charge in [-0.25, -0.2) is 4.79 Å². The van der Waals surface area contributed by atoms with E-state index >= 15 is 0 Å². The first kappa shape index (κ1) is 11.7. The third-order valence-electron chi connectivity index (χ3n) is 2.92. The summed E-state index contributed by atoms with van der Waals surface area (Å²) in [4.78, 5) is 13.5. The highest BCUT2D eigenvalue weighted by Gasteiger charge is 2.29. The third-order valence-corrected chi connectivity index (χ3v) is 2.92. The maximum absolute atomic E-state index is 11.1. The van der Waals surface area contributed by atoms with Gasteiger partial charge < -0.3 is 19.1 Å². The minimum Gasteiger partial charge on any atom is -0.435 e. The maximum atomic E-state index is 11.1. The van der Waals surface area contributed by atoms with Crippen LogP contribution in [0.25, 0.3) is 0 Å². The predicted molar refractivity (Wildman–Crippen MR) is 57.3 cm³/mol. The monoisotopic (exact) mass is 229 g/mol. The number of epoxide rings is 1. The molecule has 5 nitrogen and oxygen atoms in total. The Balaban J connectivity index is 1.62. The lowest BCUT2D eigenvalue weighted by molar-refractivity contribution is 0.00126. The molecule has 0 spiro atoms. The molecular formula is C11H19NO4. The lowest BCUT2D eigenvalue weighted by Gasteiger charge is -2.30. The third kappa shape index (κ3) is 3.64. The van der Waals surface area contributed by atoms with E-state index in [2.05, 4.69) is 4.90 Å². The van der Waals surface area contributed by atoms with Gasteiger partial charge in [0.1, 0.15) is 6.10 Å². The van der Waals surface area contributed by atoms with E-state index in [4.69, 9.17) is 14.2 Å². The molecular weight excluding hydrogens is 210 g/mol. The van der Waals surface area contributed by atoms with Crippen molar-refractivity contribution in [1.82, 2.24) is 4.90 Å². The van der Waals surface area contributed by atoms with Crippen molar-refractivity contribution >= 4 is 6.16 Å². The van der Waals surface area contributed by atoms with Crippen molar-refractivity contribution in [2.75, 3.05) is 32.8 Å². The number of ether oxygens (including phenoxy) is 3. The molecule has 2 saturated heterocycles. The lowest BCUT2D eigenvalue weighted by Crippen LogP contribution is -2.39. The molecule has 0 bridgehead atoms. The molecule has 2 aliphatic rings. The largest absolute Gasteiger partial charge is 0.508 e. The molecule has 2 aliphatic heterocycles. The van der Waals surface area contributed by atoms with Crippen LogP contribution < -0.4 is 0 Å². The second kappa shape index (κ2) is 5.50. The Morgan fingerprint density at radius 3 is 2.69 bits per heavy atom. The van der Waals surface area contributed by atoms with Crippen LogP contribution in [0.15, 0.2) is 0 Å². The minimum absolute atomic E-state index is 0.0235. The SMILES string of the molecule is CCOC(=O)OC1CCN(CC2CO2)CC1. The summed E-state index contributed by atoms with van der Waals surface area (Å²) in [5, 5.41) is 0. The van der Waals surface area contributed by atoms with Crippen LogP contribution >= 0.6 is 0 Å². The van der Waals surface area contributed by atoms with E-state index in [1.54, 1.807) is 6.92 Å². The van der Waals surface area contributed by atoms with Gasteiger partial charge in [-0.2, -0.15) is 0 Å². The average Bonchev–Trinajstić information content (AvgIpc) is 3.05. The highest BCUT2D eigenvalue weighted by atomic mass is 16.7. The number of hydrogen-bond donors (Lipinski definition) is 0. The Labute approximate surface area is 95.6 Å². The van der Waals surface area contributed by atoms with Gasteiger partial charge in [0.2, 0.25) is 0 Å². The van der Waals surface area contributed by atoms with Crippen LogP contribution in [0, 0.1) is 0 Å². The Bertz CT molecular complexity index is 234. The second-order valence-corrected chi connectivity index (χ2v) is 4.26. The normalized spacial score (nSPS) is 26.4. The molecule has 0 aliphatic carbocycles. The van der Waals surface area contributed by atoms with Gasteiger partial charge in [0.25, 0.3) is 0 Å². The summed E-state index contributed by atoms with van der Waals surface area (Å²) in [6.45, 7) is 6.02. The zero-order valence-corrected chi connectivity index (χ0v) is 9.68. The van der Waals surface area contributed by atoms with Gasteiger partial charge in [0.05, 0.1) is 19.3 Å². The molecule has 5 heteroatoms. The van der Waals surface area contributed by atoms with Gasteiger partial charge in [0.15, 0.2) is 0 Å². The van der Waals surface area contributed by atoms with E-state index in [-0.39, 0.29) is 6.10 Å². The Morgan fingerprint density at radius 2 is 2.12 bits per heavy atom. The minimum atomic E-state index is -0.536. The van der Waals surface area contributed by atoms with Crippen molar-refractivity contribution < 1.29 is 19.0 Å². The first-order chi connectivity index (χ1) is 7.78. The summed E-state index contributed by atoms with van der Waals surface area (Å²) in [6, 6.07) is 0. The Kier molecular flexibility index (Phi) is 4.01. The lowest BCUT2D eigenvalue weighted by atomic mass is 10.1. The molecule has 0 aromatic heterocycles. The zero-order valence-electron chi connectivity index (χ0n) is 9.68. The molecule has 16 heavy (non-hydrogen) atoms. The first-order valence-electron chi connectivity index (χ1n) is 5.95. The van der Waals surface area contributed by atoms with Crippen molar-refractivity contribution in [2.24, 2.45) is 0 Å². The molecule has 0 N–H and O–H groups in total. The van der Waals surface area contributed by atoms with Gasteiger partial charge >= 0.3 is 6.16 Å². The van der Waals surface area contributed by atoms with Crippen molar-refractivity contribution in [3.05, 3.63) is 0 Å². The second-order valence-electron chi connectivity index (χ2n) is 4.26. The predicted octanol–water partition coefficient (Wildman–Crippen LogP) is 1.02. The molecule has 0 aromatic rings. The van der Waals surface area contributed by atoms with E-state index in [1.807, 2.05) is 0 Å². The first-order valence-corrected chi connectivity index (χ1v) is 5.95. The van der Waals surface area contributed by atoms with Gasteiger partial charge in [-0.15, -0.1) is 0 Å². The molecule has 92 valence electrons. The van der Waals surface area contributed by atoms with Crippen molar-refractivity contribution in [1.29, 1.82) is 0 Å². The zero-order chi connectivity index (χ0) is 11.4. The van der Waals surface area contributed by atoms with Gasteiger partial charge in [-0.1, -0.05) is 0 Å². The number of carbonyl (C=O) groups is 1. The van der Waals surface area contributed by atoms with Crippen LogP contribution in [0.3, 0.4) is 0 Å². The summed E-state index contributed by atoms with van der Waals surface area (Å²) in [5.41, 5.74) is 0. The summed E-state index contributed by atoms with van der Waals surface area (Å²) < 4.78 is 15.1. The standard InChI is InChI=1S/C11H19NO4/c1-2-14-11(13)16-9-3-5-12(6-4-9)7-10-8-15-10/h9-10H,2-8H2,1H3. The van der Waals surface area contributed by atoms with E-state index in [0.717, 1.165) is 39.1 Å². The van der Waals surface area contributed by atoms with Crippen LogP contribution in [0.4, 0.5) is 4.79 Å². The Morgan fingerprint density at radius 1 is 1.44 bits per heavy atom. The van der Waals surface area contributed by atoms with Crippen LogP contribution in [-0.4, -0.2) is 56.1 Å². The van der Waals surface area contributed by atoms with Crippen LogP contribution in [0.1, 0.15) is 19.8 Å². The molecule has 1 unspecified atom stereocenters. The molecule has 2 rings (SSSR count). The van der Waals surface area contributed by atoms with Crippen molar-refractivity contribution in [3.63, 3.8) is 0 Å². The number of nitrogens with zero attached hydrogens (tertiary/aromatic N) is 1. The number of likely N-dealkylation sites (tertiary alicyclic amines) is 1. The van der Waals surface area contributed by atoms with Crippen LogP contribution in [-0.2, 0) is 14.2 Å².